The van der Waals surface area contributed by atoms with Gasteiger partial charge in [-0.25, -0.2) is 0 Å². The molecule has 6 rings (SSSR count). The zero-order valence-corrected chi connectivity index (χ0v) is 23.3. The van der Waals surface area contributed by atoms with Gasteiger partial charge in [-0.15, -0.1) is 0 Å². The Hall–Kier alpha value is -6.75. The van der Waals surface area contributed by atoms with Crippen molar-refractivity contribution in [3.05, 3.63) is 149 Å². The minimum absolute atomic E-state index is 0.214. The summed E-state index contributed by atoms with van der Waals surface area (Å²) in [5.74, 6) is 0. The number of aromatic nitrogens is 2. The summed E-state index contributed by atoms with van der Waals surface area (Å²) >= 11 is 0. The lowest BCUT2D eigenvalue weighted by Crippen LogP contribution is -2.25. The molecule has 0 saturated heterocycles. The number of nitriles is 3. The average Bonchev–Trinajstić information content (AvgIpc) is 3.08. The Bertz CT molecular complexity index is 2250. The first-order chi connectivity index (χ1) is 21.6. The molecule has 2 heterocycles. The van der Waals surface area contributed by atoms with Crippen LogP contribution in [0.25, 0.3) is 50.5 Å². The first kappa shape index (κ1) is 27.4. The average molecular weight is 567 g/mol. The maximum Gasteiger partial charge on any atom is 0.264 e. The Kier molecular flexibility index (Phi) is 7.24. The van der Waals surface area contributed by atoms with Crippen molar-refractivity contribution in [2.75, 3.05) is 5.73 Å². The van der Waals surface area contributed by atoms with E-state index in [1.165, 1.54) is 4.57 Å². The van der Waals surface area contributed by atoms with Crippen LogP contribution in [0.1, 0.15) is 16.7 Å². The number of pyridine rings is 2. The van der Waals surface area contributed by atoms with Crippen LogP contribution in [0.5, 0.6) is 0 Å². The first-order valence-corrected chi connectivity index (χ1v) is 13.7. The predicted molar refractivity (Wildman–Crippen MR) is 170 cm³/mol. The highest BCUT2D eigenvalue weighted by Gasteiger charge is 2.30. The van der Waals surface area contributed by atoms with Gasteiger partial charge in [-0.1, -0.05) is 66.7 Å². The SMILES string of the molecule is N#Cc1ccccc1-c1c(-c2ccccn2)c(-c2ccccc2C#N)n(-c2cccc(N)c2)c(=O)c1-c1ccccc1C#N. The van der Waals surface area contributed by atoms with Crippen LogP contribution in [0.4, 0.5) is 5.69 Å². The van der Waals surface area contributed by atoms with Crippen LogP contribution in [-0.2, 0) is 0 Å². The molecule has 6 aromatic rings. The third kappa shape index (κ3) is 4.65. The van der Waals surface area contributed by atoms with Crippen molar-refractivity contribution in [1.29, 1.82) is 15.8 Å². The third-order valence-electron chi connectivity index (χ3n) is 7.36. The number of hydrogen-bond donors (Lipinski definition) is 1. The fraction of sp³-hybridized carbons (Fsp3) is 0. The smallest absolute Gasteiger partial charge is 0.264 e. The Labute approximate surface area is 253 Å². The normalized spacial score (nSPS) is 10.4. The highest BCUT2D eigenvalue weighted by molar-refractivity contribution is 6.02. The van der Waals surface area contributed by atoms with Gasteiger partial charge in [0.2, 0.25) is 0 Å². The quantitative estimate of drug-likeness (QED) is 0.221. The molecule has 206 valence electrons. The van der Waals surface area contributed by atoms with Crippen LogP contribution in [0, 0.1) is 34.0 Å². The molecule has 44 heavy (non-hydrogen) atoms. The Balaban J connectivity index is 2.00. The fourth-order valence-electron chi connectivity index (χ4n) is 5.50. The van der Waals surface area contributed by atoms with Gasteiger partial charge in [-0.3, -0.25) is 14.3 Å². The second kappa shape index (κ2) is 11.6. The van der Waals surface area contributed by atoms with Crippen LogP contribution in [0.15, 0.2) is 126 Å². The molecular formula is C37H22N6O. The molecule has 2 aromatic heterocycles. The van der Waals surface area contributed by atoms with E-state index in [0.29, 0.717) is 61.7 Å². The van der Waals surface area contributed by atoms with Crippen molar-refractivity contribution in [1.82, 2.24) is 9.55 Å². The topological polar surface area (TPSA) is 132 Å². The van der Waals surface area contributed by atoms with E-state index in [2.05, 4.69) is 18.2 Å². The lowest BCUT2D eigenvalue weighted by molar-refractivity contribution is 1.00. The van der Waals surface area contributed by atoms with Crippen molar-refractivity contribution in [2.24, 2.45) is 0 Å². The highest BCUT2D eigenvalue weighted by Crippen LogP contribution is 2.46. The first-order valence-electron chi connectivity index (χ1n) is 13.7. The fourth-order valence-corrected chi connectivity index (χ4v) is 5.50. The molecule has 0 spiro atoms. The van der Waals surface area contributed by atoms with Gasteiger partial charge in [-0.2, -0.15) is 15.8 Å². The minimum Gasteiger partial charge on any atom is -0.399 e. The van der Waals surface area contributed by atoms with E-state index in [-0.39, 0.29) is 11.1 Å². The number of nitrogen functional groups attached to an aromatic ring is 1. The molecule has 0 radical (unpaired) electrons. The second-order valence-electron chi connectivity index (χ2n) is 9.90. The molecule has 0 aliphatic rings. The van der Waals surface area contributed by atoms with E-state index in [4.69, 9.17) is 10.7 Å². The number of anilines is 1. The van der Waals surface area contributed by atoms with Crippen LogP contribution < -0.4 is 11.3 Å². The molecule has 0 fully saturated rings. The standard InChI is InChI=1S/C37H22N6O/c38-21-24-10-1-4-15-29(24)33-34(30-16-5-2-11-25(30)22-39)37(44)43(28-14-9-13-27(41)20-28)36(31-17-6-3-12-26(31)23-40)35(33)32-18-7-8-19-42-32/h1-20H,41H2. The molecular weight excluding hydrogens is 544 g/mol. The lowest BCUT2D eigenvalue weighted by Gasteiger charge is -2.25. The number of rotatable bonds is 5. The Morgan fingerprint density at radius 3 is 1.70 bits per heavy atom. The highest BCUT2D eigenvalue weighted by atomic mass is 16.1. The second-order valence-corrected chi connectivity index (χ2v) is 9.90. The van der Waals surface area contributed by atoms with E-state index in [1.54, 1.807) is 109 Å². The number of hydrogen-bond acceptors (Lipinski definition) is 6. The Morgan fingerprint density at radius 2 is 1.14 bits per heavy atom. The van der Waals surface area contributed by atoms with Gasteiger partial charge in [0.25, 0.3) is 5.56 Å². The van der Waals surface area contributed by atoms with Crippen molar-refractivity contribution in [3.8, 4) is 68.7 Å². The summed E-state index contributed by atoms with van der Waals surface area (Å²) in [7, 11) is 0. The third-order valence-corrected chi connectivity index (χ3v) is 7.36. The van der Waals surface area contributed by atoms with Gasteiger partial charge in [0.1, 0.15) is 0 Å². The van der Waals surface area contributed by atoms with E-state index >= 15 is 4.79 Å². The van der Waals surface area contributed by atoms with Crippen LogP contribution in [-0.4, -0.2) is 9.55 Å². The maximum atomic E-state index is 15.1. The molecule has 0 aliphatic heterocycles. The molecule has 7 nitrogen and oxygen atoms in total. The summed E-state index contributed by atoms with van der Waals surface area (Å²) in [6.45, 7) is 0. The van der Waals surface area contributed by atoms with Gasteiger partial charge in [0.15, 0.2) is 0 Å². The number of nitrogens with zero attached hydrogens (tertiary/aromatic N) is 5. The van der Waals surface area contributed by atoms with Gasteiger partial charge in [0, 0.05) is 39.7 Å². The van der Waals surface area contributed by atoms with E-state index < -0.39 is 5.56 Å². The van der Waals surface area contributed by atoms with Crippen molar-refractivity contribution in [2.45, 2.75) is 0 Å². The molecule has 0 saturated carbocycles. The van der Waals surface area contributed by atoms with E-state index in [0.717, 1.165) is 0 Å². The zero-order chi connectivity index (χ0) is 30.6. The zero-order valence-electron chi connectivity index (χ0n) is 23.3. The number of benzene rings is 4. The molecule has 4 aromatic carbocycles. The molecule has 0 bridgehead atoms. The van der Waals surface area contributed by atoms with Crippen LogP contribution in [0.2, 0.25) is 0 Å². The molecule has 0 aliphatic carbocycles. The molecule has 7 heteroatoms. The molecule has 2 N–H and O–H groups in total. The maximum absolute atomic E-state index is 15.1. The summed E-state index contributed by atoms with van der Waals surface area (Å²) in [6.07, 6.45) is 1.65. The summed E-state index contributed by atoms with van der Waals surface area (Å²) < 4.78 is 1.53. The van der Waals surface area contributed by atoms with Gasteiger partial charge < -0.3 is 5.73 Å². The molecule has 0 amide bonds. The molecule has 0 atom stereocenters. The monoisotopic (exact) mass is 566 g/mol. The Morgan fingerprint density at radius 1 is 0.591 bits per heavy atom. The minimum atomic E-state index is -0.455. The summed E-state index contributed by atoms with van der Waals surface area (Å²) in [6, 6.07) is 40.1. The largest absolute Gasteiger partial charge is 0.399 e. The summed E-state index contributed by atoms with van der Waals surface area (Å²) in [5, 5.41) is 30.6. The van der Waals surface area contributed by atoms with Gasteiger partial charge >= 0.3 is 0 Å². The van der Waals surface area contributed by atoms with Crippen LogP contribution >= 0.6 is 0 Å². The summed E-state index contributed by atoms with van der Waals surface area (Å²) in [4.78, 5) is 19.9. The van der Waals surface area contributed by atoms with E-state index in [9.17, 15) is 15.8 Å². The summed E-state index contributed by atoms with van der Waals surface area (Å²) in [5.41, 5.74) is 11.1. The van der Waals surface area contributed by atoms with Crippen molar-refractivity contribution < 1.29 is 0 Å². The predicted octanol–water partition coefficient (Wildman–Crippen LogP) is 7.10. The van der Waals surface area contributed by atoms with Crippen LogP contribution in [0.3, 0.4) is 0 Å². The van der Waals surface area contributed by atoms with Gasteiger partial charge in [0.05, 0.1) is 57.5 Å². The number of nitrogens with two attached hydrogens (primary N) is 1. The van der Waals surface area contributed by atoms with Crippen molar-refractivity contribution in [3.63, 3.8) is 0 Å². The van der Waals surface area contributed by atoms with Crippen molar-refractivity contribution >= 4 is 5.69 Å². The van der Waals surface area contributed by atoms with Gasteiger partial charge in [-0.05, 0) is 48.5 Å². The molecule has 0 unspecified atom stereocenters. The van der Waals surface area contributed by atoms with E-state index in [1.807, 2.05) is 12.1 Å². The lowest BCUT2D eigenvalue weighted by atomic mass is 9.84.